The number of aromatic nitrogens is 3. The molecule has 0 spiro atoms. The Labute approximate surface area is 168 Å². The third-order valence-corrected chi connectivity index (χ3v) is 4.87. The monoisotopic (exact) mass is 395 g/mol. The van der Waals surface area contributed by atoms with E-state index in [0.29, 0.717) is 30.2 Å². The number of hydrogen-bond acceptors (Lipinski definition) is 6. The van der Waals surface area contributed by atoms with Crippen molar-refractivity contribution in [1.82, 2.24) is 20.4 Å². The van der Waals surface area contributed by atoms with Crippen molar-refractivity contribution in [2.75, 3.05) is 18.0 Å². The van der Waals surface area contributed by atoms with Gasteiger partial charge in [0.1, 0.15) is 11.6 Å². The standard InChI is InChI=1S/C21H22FN5O2/c22-17-6-4-16(5-7-17)21-25-20(29-26-21)10-9-19(28)24-14-15-3-8-18(23-13-15)27-11-1-2-12-27/h3-8,13H,1-2,9-12,14H2,(H,24,28). The van der Waals surface area contributed by atoms with Crippen LogP contribution in [0, 0.1) is 5.82 Å². The molecule has 0 unspecified atom stereocenters. The molecule has 4 rings (SSSR count). The first-order valence-corrected chi connectivity index (χ1v) is 9.72. The van der Waals surface area contributed by atoms with E-state index in [4.69, 9.17) is 4.52 Å². The van der Waals surface area contributed by atoms with E-state index in [-0.39, 0.29) is 18.1 Å². The number of nitrogens with zero attached hydrogens (tertiary/aromatic N) is 4. The summed E-state index contributed by atoms with van der Waals surface area (Å²) in [6.45, 7) is 2.54. The molecule has 8 heteroatoms. The predicted molar refractivity (Wildman–Crippen MR) is 106 cm³/mol. The molecule has 0 radical (unpaired) electrons. The second-order valence-electron chi connectivity index (χ2n) is 7.01. The molecule has 2 aromatic heterocycles. The highest BCUT2D eigenvalue weighted by atomic mass is 19.1. The number of pyridine rings is 1. The van der Waals surface area contributed by atoms with E-state index in [9.17, 15) is 9.18 Å². The third kappa shape index (κ3) is 4.96. The Morgan fingerprint density at radius 2 is 1.93 bits per heavy atom. The highest BCUT2D eigenvalue weighted by molar-refractivity contribution is 5.76. The molecule has 0 aliphatic carbocycles. The van der Waals surface area contributed by atoms with Crippen LogP contribution >= 0.6 is 0 Å². The molecule has 3 aromatic rings. The zero-order valence-corrected chi connectivity index (χ0v) is 16.0. The fourth-order valence-corrected chi connectivity index (χ4v) is 3.24. The predicted octanol–water partition coefficient (Wildman–Crippen LogP) is 3.12. The van der Waals surface area contributed by atoms with E-state index in [1.54, 1.807) is 18.3 Å². The molecule has 29 heavy (non-hydrogen) atoms. The van der Waals surface area contributed by atoms with E-state index in [0.717, 1.165) is 24.5 Å². The first-order valence-electron chi connectivity index (χ1n) is 9.72. The van der Waals surface area contributed by atoms with Crippen LogP contribution in [0.25, 0.3) is 11.4 Å². The number of nitrogens with one attached hydrogen (secondary N) is 1. The lowest BCUT2D eigenvalue weighted by molar-refractivity contribution is -0.121. The second-order valence-corrected chi connectivity index (χ2v) is 7.01. The summed E-state index contributed by atoms with van der Waals surface area (Å²) in [6, 6.07) is 9.84. The summed E-state index contributed by atoms with van der Waals surface area (Å²) in [7, 11) is 0. The van der Waals surface area contributed by atoms with Gasteiger partial charge in [0.2, 0.25) is 17.6 Å². The highest BCUT2D eigenvalue weighted by Gasteiger charge is 2.13. The Morgan fingerprint density at radius 1 is 1.14 bits per heavy atom. The minimum atomic E-state index is -0.324. The van der Waals surface area contributed by atoms with E-state index < -0.39 is 0 Å². The van der Waals surface area contributed by atoms with Gasteiger partial charge in [-0.3, -0.25) is 4.79 Å². The van der Waals surface area contributed by atoms with Crippen molar-refractivity contribution in [3.05, 3.63) is 59.9 Å². The van der Waals surface area contributed by atoms with Crippen LogP contribution < -0.4 is 10.2 Å². The summed E-state index contributed by atoms with van der Waals surface area (Å²) < 4.78 is 18.2. The SMILES string of the molecule is O=C(CCc1nc(-c2ccc(F)cc2)no1)NCc1ccc(N2CCCC2)nc1. The zero-order valence-electron chi connectivity index (χ0n) is 16.0. The molecule has 1 aliphatic heterocycles. The lowest BCUT2D eigenvalue weighted by Crippen LogP contribution is -2.23. The molecule has 1 saturated heterocycles. The zero-order chi connectivity index (χ0) is 20.1. The summed E-state index contributed by atoms with van der Waals surface area (Å²) in [4.78, 5) is 23.1. The van der Waals surface area contributed by atoms with Gasteiger partial charge in [-0.15, -0.1) is 0 Å². The van der Waals surface area contributed by atoms with Crippen molar-refractivity contribution >= 4 is 11.7 Å². The molecule has 1 aliphatic rings. The lowest BCUT2D eigenvalue weighted by Gasteiger charge is -2.16. The molecule has 3 heterocycles. The number of hydrogen-bond donors (Lipinski definition) is 1. The van der Waals surface area contributed by atoms with Gasteiger partial charge < -0.3 is 14.7 Å². The van der Waals surface area contributed by atoms with Gasteiger partial charge in [0.25, 0.3) is 0 Å². The highest BCUT2D eigenvalue weighted by Crippen LogP contribution is 2.18. The van der Waals surface area contributed by atoms with Gasteiger partial charge in [-0.2, -0.15) is 4.98 Å². The smallest absolute Gasteiger partial charge is 0.227 e. The van der Waals surface area contributed by atoms with Crippen molar-refractivity contribution < 1.29 is 13.7 Å². The average Bonchev–Trinajstić information content (AvgIpc) is 3.44. The second kappa shape index (κ2) is 8.81. The van der Waals surface area contributed by atoms with Crippen LogP contribution in [0.4, 0.5) is 10.2 Å². The quantitative estimate of drug-likeness (QED) is 0.662. The van der Waals surface area contributed by atoms with Crippen molar-refractivity contribution in [1.29, 1.82) is 0 Å². The summed E-state index contributed by atoms with van der Waals surface area (Å²) in [6.07, 6.45) is 4.81. The van der Waals surface area contributed by atoms with Crippen LogP contribution in [0.1, 0.15) is 30.7 Å². The van der Waals surface area contributed by atoms with E-state index >= 15 is 0 Å². The Balaban J connectivity index is 1.23. The van der Waals surface area contributed by atoms with Crippen LogP contribution in [-0.4, -0.2) is 34.1 Å². The van der Waals surface area contributed by atoms with Gasteiger partial charge in [-0.1, -0.05) is 11.2 Å². The van der Waals surface area contributed by atoms with Crippen molar-refractivity contribution in [2.24, 2.45) is 0 Å². The Hall–Kier alpha value is -3.29. The molecular formula is C21H22FN5O2. The first-order chi connectivity index (χ1) is 14.2. The maximum atomic E-state index is 13.0. The normalized spacial score (nSPS) is 13.6. The number of aryl methyl sites for hydroxylation is 1. The topological polar surface area (TPSA) is 84.1 Å². The summed E-state index contributed by atoms with van der Waals surface area (Å²) >= 11 is 0. The Morgan fingerprint density at radius 3 is 2.66 bits per heavy atom. The number of benzene rings is 1. The maximum Gasteiger partial charge on any atom is 0.227 e. The molecular weight excluding hydrogens is 373 g/mol. The molecule has 7 nitrogen and oxygen atoms in total. The summed E-state index contributed by atoms with van der Waals surface area (Å²) in [5.41, 5.74) is 1.62. The van der Waals surface area contributed by atoms with Gasteiger partial charge >= 0.3 is 0 Å². The molecule has 1 fully saturated rings. The molecule has 0 saturated carbocycles. The maximum absolute atomic E-state index is 13.0. The number of amides is 1. The fourth-order valence-electron chi connectivity index (χ4n) is 3.24. The number of rotatable bonds is 7. The van der Waals surface area contributed by atoms with Crippen LogP contribution in [0.2, 0.25) is 0 Å². The number of carbonyl (C=O) groups excluding carboxylic acids is 1. The van der Waals surface area contributed by atoms with E-state index in [2.05, 4.69) is 25.3 Å². The molecule has 1 amide bonds. The Kier molecular flexibility index (Phi) is 5.79. The summed E-state index contributed by atoms with van der Waals surface area (Å²) in [5.74, 6) is 1.32. The molecule has 1 N–H and O–H groups in total. The lowest BCUT2D eigenvalue weighted by atomic mass is 10.2. The van der Waals surface area contributed by atoms with Crippen LogP contribution in [0.3, 0.4) is 0 Å². The van der Waals surface area contributed by atoms with Gasteiger partial charge in [-0.05, 0) is 48.7 Å². The number of carbonyl (C=O) groups is 1. The molecule has 150 valence electrons. The minimum Gasteiger partial charge on any atom is -0.357 e. The third-order valence-electron chi connectivity index (χ3n) is 4.87. The van der Waals surface area contributed by atoms with Gasteiger partial charge in [0, 0.05) is 44.2 Å². The van der Waals surface area contributed by atoms with Crippen LogP contribution in [0.15, 0.2) is 47.1 Å². The van der Waals surface area contributed by atoms with Crippen molar-refractivity contribution in [3.63, 3.8) is 0 Å². The van der Waals surface area contributed by atoms with Gasteiger partial charge in [-0.25, -0.2) is 9.37 Å². The Bertz CT molecular complexity index is 950. The van der Waals surface area contributed by atoms with Crippen LogP contribution in [-0.2, 0) is 17.8 Å². The molecule has 0 atom stereocenters. The van der Waals surface area contributed by atoms with E-state index in [1.165, 1.54) is 25.0 Å². The van der Waals surface area contributed by atoms with Gasteiger partial charge in [0.15, 0.2) is 0 Å². The van der Waals surface area contributed by atoms with Crippen molar-refractivity contribution in [2.45, 2.75) is 32.2 Å². The fraction of sp³-hybridized carbons (Fsp3) is 0.333. The molecule has 1 aromatic carbocycles. The first kappa shape index (κ1) is 19.0. The molecule has 0 bridgehead atoms. The number of halogens is 1. The van der Waals surface area contributed by atoms with E-state index in [1.807, 2.05) is 12.1 Å². The number of anilines is 1. The largest absolute Gasteiger partial charge is 0.357 e. The summed E-state index contributed by atoms with van der Waals surface area (Å²) in [5, 5.41) is 6.75. The minimum absolute atomic E-state index is 0.102. The average molecular weight is 395 g/mol. The van der Waals surface area contributed by atoms with Gasteiger partial charge in [0.05, 0.1) is 0 Å². The van der Waals surface area contributed by atoms with Crippen LogP contribution in [0.5, 0.6) is 0 Å². The van der Waals surface area contributed by atoms with Crippen molar-refractivity contribution in [3.8, 4) is 11.4 Å².